The van der Waals surface area contributed by atoms with Crippen molar-refractivity contribution < 1.29 is 14.4 Å². The predicted molar refractivity (Wildman–Crippen MR) is 98.1 cm³/mol. The lowest BCUT2D eigenvalue weighted by Gasteiger charge is -2.56. The third-order valence-corrected chi connectivity index (χ3v) is 8.69. The molecule has 0 aromatic rings. The van der Waals surface area contributed by atoms with Crippen LogP contribution in [0.5, 0.6) is 0 Å². The molecular formula is C22H28N2O3. The van der Waals surface area contributed by atoms with Gasteiger partial charge in [0.2, 0.25) is 17.7 Å². The van der Waals surface area contributed by atoms with Crippen molar-refractivity contribution in [3.05, 3.63) is 12.2 Å². The number of amides is 3. The van der Waals surface area contributed by atoms with E-state index in [1.165, 1.54) is 43.4 Å². The molecule has 3 amide bonds. The predicted octanol–water partition coefficient (Wildman–Crippen LogP) is 2.13. The van der Waals surface area contributed by atoms with Crippen LogP contribution in [0.1, 0.15) is 44.9 Å². The molecule has 0 radical (unpaired) electrons. The summed E-state index contributed by atoms with van der Waals surface area (Å²) in [5.74, 6) is 2.18. The highest BCUT2D eigenvalue weighted by molar-refractivity contribution is 6.08. The van der Waals surface area contributed by atoms with E-state index in [9.17, 15) is 14.4 Å². The van der Waals surface area contributed by atoms with Crippen LogP contribution in [0.4, 0.5) is 0 Å². The fourth-order valence-electron chi connectivity index (χ4n) is 8.11. The van der Waals surface area contributed by atoms with Gasteiger partial charge < -0.3 is 5.32 Å². The second-order valence-electron chi connectivity index (χ2n) is 10.5. The van der Waals surface area contributed by atoms with E-state index in [1.54, 1.807) is 0 Å². The number of carbonyl (C=O) groups is 3. The lowest BCUT2D eigenvalue weighted by atomic mass is 9.49. The molecule has 27 heavy (non-hydrogen) atoms. The lowest BCUT2D eigenvalue weighted by Crippen LogP contribution is -2.52. The maximum atomic E-state index is 12.7. The Morgan fingerprint density at radius 3 is 1.96 bits per heavy atom. The van der Waals surface area contributed by atoms with Crippen molar-refractivity contribution >= 4 is 17.7 Å². The highest BCUT2D eigenvalue weighted by Crippen LogP contribution is 2.59. The minimum absolute atomic E-state index is 0.0868. The number of imide groups is 1. The largest absolute Gasteiger partial charge is 0.354 e. The van der Waals surface area contributed by atoms with Crippen LogP contribution in [0.3, 0.4) is 0 Å². The Morgan fingerprint density at radius 2 is 1.44 bits per heavy atom. The van der Waals surface area contributed by atoms with Gasteiger partial charge in [0.25, 0.3) is 0 Å². The summed E-state index contributed by atoms with van der Waals surface area (Å²) < 4.78 is 0. The van der Waals surface area contributed by atoms with Gasteiger partial charge in [-0.1, -0.05) is 12.2 Å². The number of nitrogens with one attached hydrogen (secondary N) is 1. The molecule has 0 unspecified atom stereocenters. The summed E-state index contributed by atoms with van der Waals surface area (Å²) >= 11 is 0. The van der Waals surface area contributed by atoms with Gasteiger partial charge in [0, 0.05) is 6.54 Å². The monoisotopic (exact) mass is 368 g/mol. The Bertz CT molecular complexity index is 691. The van der Waals surface area contributed by atoms with Crippen molar-refractivity contribution in [3.8, 4) is 0 Å². The molecular weight excluding hydrogens is 340 g/mol. The first-order valence-corrected chi connectivity index (χ1v) is 10.8. The van der Waals surface area contributed by atoms with Gasteiger partial charge in [-0.05, 0) is 80.0 Å². The summed E-state index contributed by atoms with van der Waals surface area (Å²) in [5.41, 5.74) is 0.281. The first-order valence-electron chi connectivity index (χ1n) is 10.8. The smallest absolute Gasteiger partial charge is 0.240 e. The fourth-order valence-corrected chi connectivity index (χ4v) is 8.11. The zero-order valence-corrected chi connectivity index (χ0v) is 15.7. The highest BCUT2D eigenvalue weighted by Gasteiger charge is 2.59. The van der Waals surface area contributed by atoms with Gasteiger partial charge in [-0.2, -0.15) is 0 Å². The van der Waals surface area contributed by atoms with Crippen molar-refractivity contribution in [1.29, 1.82) is 0 Å². The van der Waals surface area contributed by atoms with Crippen LogP contribution in [-0.2, 0) is 14.4 Å². The number of allylic oxidation sites excluding steroid dienone is 2. The quantitative estimate of drug-likeness (QED) is 0.611. The van der Waals surface area contributed by atoms with Gasteiger partial charge in [-0.15, -0.1) is 0 Å². The number of nitrogens with zero attached hydrogens (tertiary/aromatic N) is 1. The number of hydrogen-bond acceptors (Lipinski definition) is 3. The maximum absolute atomic E-state index is 12.7. The fraction of sp³-hybridized carbons (Fsp3) is 0.773. The number of carbonyl (C=O) groups excluding carboxylic acids is 3. The minimum Gasteiger partial charge on any atom is -0.354 e. The van der Waals surface area contributed by atoms with Crippen molar-refractivity contribution in [3.63, 3.8) is 0 Å². The van der Waals surface area contributed by atoms with E-state index < -0.39 is 0 Å². The van der Waals surface area contributed by atoms with Crippen molar-refractivity contribution in [1.82, 2.24) is 10.2 Å². The Labute approximate surface area is 159 Å². The lowest BCUT2D eigenvalue weighted by molar-refractivity contribution is -0.144. The molecule has 4 atom stereocenters. The molecule has 0 aromatic carbocycles. The molecule has 1 saturated heterocycles. The van der Waals surface area contributed by atoms with Gasteiger partial charge in [0.1, 0.15) is 6.54 Å². The standard InChI is InChI=1S/C22H28N2O3/c25-17(23-11-22-7-12-3-13(8-22)5-14(4-12)9-22)10-24-20(26)18-15-1-2-16(6-15)19(18)21(24)27/h1-2,12-16,18-19H,3-11H2,(H,23,25)/t12?,13?,14?,15-,16-,18+,19+,22?/m1/s1. The van der Waals surface area contributed by atoms with Crippen molar-refractivity contribution in [2.75, 3.05) is 13.1 Å². The van der Waals surface area contributed by atoms with Crippen LogP contribution in [0, 0.1) is 46.8 Å². The first-order chi connectivity index (χ1) is 13.0. The van der Waals surface area contributed by atoms with Crippen LogP contribution >= 0.6 is 0 Å². The number of hydrogen-bond donors (Lipinski definition) is 1. The summed E-state index contributed by atoms with van der Waals surface area (Å²) in [6.45, 7) is 0.641. The average molecular weight is 368 g/mol. The second kappa shape index (κ2) is 5.45. The molecule has 5 heteroatoms. The topological polar surface area (TPSA) is 66.5 Å². The minimum atomic E-state index is -0.205. The molecule has 0 aromatic heterocycles. The van der Waals surface area contributed by atoms with E-state index in [-0.39, 0.29) is 53.4 Å². The molecule has 1 aliphatic heterocycles. The number of rotatable bonds is 4. The van der Waals surface area contributed by atoms with Crippen LogP contribution in [0.2, 0.25) is 0 Å². The Morgan fingerprint density at radius 1 is 0.926 bits per heavy atom. The van der Waals surface area contributed by atoms with E-state index >= 15 is 0 Å². The zero-order chi connectivity index (χ0) is 18.3. The average Bonchev–Trinajstić information content (AvgIpc) is 3.29. The van der Waals surface area contributed by atoms with E-state index in [4.69, 9.17) is 0 Å². The molecule has 7 rings (SSSR count). The molecule has 6 fully saturated rings. The summed E-state index contributed by atoms with van der Waals surface area (Å²) in [5, 5.41) is 3.11. The van der Waals surface area contributed by atoms with E-state index in [2.05, 4.69) is 17.5 Å². The van der Waals surface area contributed by atoms with Crippen LogP contribution in [0.15, 0.2) is 12.2 Å². The molecule has 7 aliphatic rings. The SMILES string of the molecule is O=C(CN1C(=O)[C@@H]2[C@@H](C1=O)[C@@H]1C=C[C@@H]2C1)NCC12CC3CC(CC(C3)C1)C2. The van der Waals surface area contributed by atoms with E-state index in [1.807, 2.05) is 0 Å². The number of likely N-dealkylation sites (tertiary alicyclic amines) is 1. The van der Waals surface area contributed by atoms with E-state index in [0.717, 1.165) is 30.7 Å². The van der Waals surface area contributed by atoms with E-state index in [0.29, 0.717) is 0 Å². The Hall–Kier alpha value is -1.65. The Kier molecular flexibility index (Phi) is 3.29. The third kappa shape index (κ3) is 2.32. The van der Waals surface area contributed by atoms with Crippen LogP contribution in [-0.4, -0.2) is 35.7 Å². The van der Waals surface area contributed by atoms with Gasteiger partial charge >= 0.3 is 0 Å². The zero-order valence-electron chi connectivity index (χ0n) is 15.7. The van der Waals surface area contributed by atoms with Crippen LogP contribution in [0.25, 0.3) is 0 Å². The van der Waals surface area contributed by atoms with Gasteiger partial charge in [0.15, 0.2) is 0 Å². The van der Waals surface area contributed by atoms with Crippen molar-refractivity contribution in [2.24, 2.45) is 46.8 Å². The summed E-state index contributed by atoms with van der Waals surface area (Å²) in [6.07, 6.45) is 13.0. The maximum Gasteiger partial charge on any atom is 0.240 e. The molecule has 5 nitrogen and oxygen atoms in total. The summed E-state index contributed by atoms with van der Waals surface area (Å²) in [4.78, 5) is 39.3. The normalized spacial score (nSPS) is 48.6. The first kappa shape index (κ1) is 16.3. The molecule has 144 valence electrons. The third-order valence-electron chi connectivity index (χ3n) is 8.69. The summed E-state index contributed by atoms with van der Waals surface area (Å²) in [7, 11) is 0. The van der Waals surface area contributed by atoms with Crippen LogP contribution < -0.4 is 5.32 Å². The molecule has 6 aliphatic carbocycles. The van der Waals surface area contributed by atoms with Gasteiger partial charge in [-0.3, -0.25) is 19.3 Å². The highest BCUT2D eigenvalue weighted by atomic mass is 16.2. The molecule has 1 heterocycles. The Balaban J connectivity index is 1.10. The molecule has 0 spiro atoms. The van der Waals surface area contributed by atoms with Crippen molar-refractivity contribution in [2.45, 2.75) is 44.9 Å². The molecule has 5 saturated carbocycles. The van der Waals surface area contributed by atoms with Gasteiger partial charge in [-0.25, -0.2) is 0 Å². The second-order valence-corrected chi connectivity index (χ2v) is 10.5. The van der Waals surface area contributed by atoms with Gasteiger partial charge in [0.05, 0.1) is 11.8 Å². The summed E-state index contributed by atoms with van der Waals surface area (Å²) in [6, 6.07) is 0. The number of fused-ring (bicyclic) bond motifs is 5. The molecule has 6 bridgehead atoms. The molecule has 1 N–H and O–H groups in total.